The van der Waals surface area contributed by atoms with Crippen LogP contribution in [0.1, 0.15) is 20.7 Å². The average molecular weight is 234 g/mol. The van der Waals surface area contributed by atoms with Crippen molar-refractivity contribution in [2.24, 2.45) is 0 Å². The highest BCUT2D eigenvalue weighted by Crippen LogP contribution is 2.21. The second kappa shape index (κ2) is 5.68. The van der Waals surface area contributed by atoms with E-state index in [1.54, 1.807) is 0 Å². The van der Waals surface area contributed by atoms with Crippen LogP contribution in [-0.2, 0) is 0 Å². The minimum atomic E-state index is -1.14. The predicted molar refractivity (Wildman–Crippen MR) is 59.1 cm³/mol. The van der Waals surface area contributed by atoms with Crippen molar-refractivity contribution >= 4 is 11.8 Å². The van der Waals surface area contributed by atoms with Gasteiger partial charge >= 0.3 is 5.97 Å². The zero-order valence-corrected chi connectivity index (χ0v) is 8.84. The summed E-state index contributed by atoms with van der Waals surface area (Å²) in [6.07, 6.45) is 5.01. The number of ketones is 1. The number of carbonyl (C=O) groups excluding carboxylic acids is 1. The number of carboxylic acids is 1. The smallest absolute Gasteiger partial charge is 0.335 e. The fraction of sp³-hybridized carbons (Fsp3) is 0.167. The third kappa shape index (κ3) is 3.06. The van der Waals surface area contributed by atoms with Crippen molar-refractivity contribution in [1.29, 1.82) is 0 Å². The van der Waals surface area contributed by atoms with Crippen molar-refractivity contribution < 1.29 is 24.5 Å². The summed E-state index contributed by atoms with van der Waals surface area (Å²) in [5, 5.41) is 17.5. The summed E-state index contributed by atoms with van der Waals surface area (Å²) in [5.41, 5.74) is 0.0826. The molecular weight excluding hydrogens is 224 g/mol. The molecule has 0 saturated heterocycles. The Morgan fingerprint density at radius 1 is 1.41 bits per heavy atom. The van der Waals surface area contributed by atoms with Gasteiger partial charge in [-0.15, -0.1) is 6.42 Å². The van der Waals surface area contributed by atoms with E-state index in [1.807, 2.05) is 0 Å². The third-order valence-electron chi connectivity index (χ3n) is 1.98. The summed E-state index contributed by atoms with van der Waals surface area (Å²) in [4.78, 5) is 22.1. The van der Waals surface area contributed by atoms with Crippen molar-refractivity contribution in [3.63, 3.8) is 0 Å². The molecule has 0 bridgehead atoms. The molecule has 0 unspecified atom stereocenters. The van der Waals surface area contributed by atoms with E-state index in [-0.39, 0.29) is 23.5 Å². The normalized spacial score (nSPS) is 9.41. The minimum Gasteiger partial charge on any atom is -0.480 e. The lowest BCUT2D eigenvalue weighted by Crippen LogP contribution is -2.09. The molecule has 0 heterocycles. The van der Waals surface area contributed by atoms with Crippen LogP contribution >= 0.6 is 0 Å². The molecule has 0 aliphatic carbocycles. The number of aliphatic hydroxyl groups is 1. The fourth-order valence-electron chi connectivity index (χ4n) is 1.21. The van der Waals surface area contributed by atoms with Crippen LogP contribution in [0.4, 0.5) is 0 Å². The van der Waals surface area contributed by atoms with Crippen LogP contribution in [0.5, 0.6) is 5.75 Å². The Bertz CT molecular complexity index is 484. The molecular formula is C12H10O5. The van der Waals surface area contributed by atoms with Gasteiger partial charge in [-0.05, 0) is 18.2 Å². The Morgan fingerprint density at radius 2 is 2.12 bits per heavy atom. The number of Topliss-reactive ketones (excluding diaryl/α,β-unsaturated/α-hetero) is 1. The van der Waals surface area contributed by atoms with E-state index in [4.69, 9.17) is 21.4 Å². The number of carboxylic acid groups (broad SMARTS) is 1. The van der Waals surface area contributed by atoms with Crippen molar-refractivity contribution in [2.75, 3.05) is 13.2 Å². The summed E-state index contributed by atoms with van der Waals surface area (Å²) in [6.45, 7) is -0.770. The van der Waals surface area contributed by atoms with Gasteiger partial charge in [0, 0.05) is 0 Å². The summed E-state index contributed by atoms with van der Waals surface area (Å²) >= 11 is 0. The van der Waals surface area contributed by atoms with Gasteiger partial charge in [-0.2, -0.15) is 0 Å². The monoisotopic (exact) mass is 234 g/mol. The second-order valence-electron chi connectivity index (χ2n) is 3.09. The Labute approximate surface area is 97.6 Å². The molecule has 0 fully saturated rings. The molecule has 0 spiro atoms. The number of terminal acetylenes is 1. The van der Waals surface area contributed by atoms with Crippen molar-refractivity contribution in [1.82, 2.24) is 0 Å². The highest BCUT2D eigenvalue weighted by atomic mass is 16.5. The molecule has 0 amide bonds. The van der Waals surface area contributed by atoms with E-state index in [0.717, 1.165) is 0 Å². The number of aromatic carboxylic acids is 1. The molecule has 0 saturated carbocycles. The first-order valence-electron chi connectivity index (χ1n) is 4.67. The molecule has 0 radical (unpaired) electrons. The van der Waals surface area contributed by atoms with Gasteiger partial charge in [0.2, 0.25) is 0 Å². The maximum Gasteiger partial charge on any atom is 0.335 e. The van der Waals surface area contributed by atoms with Crippen LogP contribution in [0, 0.1) is 12.3 Å². The molecule has 1 aromatic rings. The van der Waals surface area contributed by atoms with Gasteiger partial charge in [0.1, 0.15) is 19.0 Å². The van der Waals surface area contributed by atoms with Crippen molar-refractivity contribution in [2.45, 2.75) is 0 Å². The SMILES string of the molecule is C#CCOc1cc(C(=O)O)ccc1C(=O)CO. The molecule has 5 heteroatoms. The van der Waals surface area contributed by atoms with Crippen LogP contribution < -0.4 is 4.74 Å². The fourth-order valence-corrected chi connectivity index (χ4v) is 1.21. The van der Waals surface area contributed by atoms with Gasteiger partial charge in [-0.25, -0.2) is 4.79 Å². The number of hydrogen-bond acceptors (Lipinski definition) is 4. The Kier molecular flexibility index (Phi) is 4.26. The molecule has 0 aliphatic rings. The Balaban J connectivity index is 3.17. The molecule has 0 atom stereocenters. The lowest BCUT2D eigenvalue weighted by atomic mass is 10.1. The van der Waals surface area contributed by atoms with Gasteiger partial charge in [0.15, 0.2) is 5.78 Å². The largest absolute Gasteiger partial charge is 0.480 e. The van der Waals surface area contributed by atoms with E-state index >= 15 is 0 Å². The maximum atomic E-state index is 11.3. The molecule has 1 rings (SSSR count). The number of ether oxygens (including phenoxy) is 1. The van der Waals surface area contributed by atoms with Crippen molar-refractivity contribution in [3.05, 3.63) is 29.3 Å². The zero-order valence-electron chi connectivity index (χ0n) is 8.84. The molecule has 1 aromatic carbocycles. The minimum absolute atomic E-state index is 0.0217. The van der Waals surface area contributed by atoms with Crippen LogP contribution in [0.15, 0.2) is 18.2 Å². The molecule has 17 heavy (non-hydrogen) atoms. The Morgan fingerprint density at radius 3 is 2.65 bits per heavy atom. The van der Waals surface area contributed by atoms with E-state index in [0.29, 0.717) is 0 Å². The average Bonchev–Trinajstić information content (AvgIpc) is 2.34. The number of carbonyl (C=O) groups is 2. The first kappa shape index (κ1) is 12.7. The molecule has 0 aliphatic heterocycles. The molecule has 88 valence electrons. The van der Waals surface area contributed by atoms with E-state index in [2.05, 4.69) is 5.92 Å². The predicted octanol–water partition coefficient (Wildman–Crippen LogP) is 0.572. The van der Waals surface area contributed by atoms with E-state index < -0.39 is 18.4 Å². The van der Waals surface area contributed by atoms with Crippen molar-refractivity contribution in [3.8, 4) is 18.1 Å². The molecule has 2 N–H and O–H groups in total. The summed E-state index contributed by atoms with van der Waals surface area (Å²) in [7, 11) is 0. The Hall–Kier alpha value is -2.32. The highest BCUT2D eigenvalue weighted by Gasteiger charge is 2.14. The number of benzene rings is 1. The number of hydrogen-bond donors (Lipinski definition) is 2. The van der Waals surface area contributed by atoms with Crippen LogP contribution in [-0.4, -0.2) is 35.2 Å². The first-order chi connectivity index (χ1) is 8.10. The summed E-state index contributed by atoms with van der Waals surface area (Å²) in [6, 6.07) is 3.74. The standard InChI is InChI=1S/C12H10O5/c1-2-5-17-11-6-8(12(15)16)3-4-9(11)10(14)7-13/h1,3-4,6,13H,5,7H2,(H,15,16). The van der Waals surface area contributed by atoms with Crippen LogP contribution in [0.2, 0.25) is 0 Å². The van der Waals surface area contributed by atoms with E-state index in [1.165, 1.54) is 18.2 Å². The topological polar surface area (TPSA) is 83.8 Å². The molecule has 0 aromatic heterocycles. The third-order valence-corrected chi connectivity index (χ3v) is 1.98. The lowest BCUT2D eigenvalue weighted by molar-refractivity contribution is 0.0695. The summed E-state index contributed by atoms with van der Waals surface area (Å²) < 4.78 is 5.07. The van der Waals surface area contributed by atoms with Gasteiger partial charge in [-0.3, -0.25) is 4.79 Å². The van der Waals surface area contributed by atoms with Crippen LogP contribution in [0.25, 0.3) is 0 Å². The second-order valence-corrected chi connectivity index (χ2v) is 3.09. The number of rotatable bonds is 5. The first-order valence-corrected chi connectivity index (χ1v) is 4.67. The van der Waals surface area contributed by atoms with Gasteiger partial charge < -0.3 is 14.9 Å². The summed E-state index contributed by atoms with van der Waals surface area (Å²) in [5.74, 6) is 0.562. The van der Waals surface area contributed by atoms with Crippen LogP contribution in [0.3, 0.4) is 0 Å². The highest BCUT2D eigenvalue weighted by molar-refractivity contribution is 6.00. The lowest BCUT2D eigenvalue weighted by Gasteiger charge is -2.08. The van der Waals surface area contributed by atoms with Gasteiger partial charge in [0.05, 0.1) is 11.1 Å². The van der Waals surface area contributed by atoms with E-state index in [9.17, 15) is 9.59 Å². The quantitative estimate of drug-likeness (QED) is 0.575. The number of aliphatic hydroxyl groups excluding tert-OH is 1. The zero-order chi connectivity index (χ0) is 12.8. The maximum absolute atomic E-state index is 11.3. The van der Waals surface area contributed by atoms with Gasteiger partial charge in [-0.1, -0.05) is 5.92 Å². The molecule has 5 nitrogen and oxygen atoms in total. The van der Waals surface area contributed by atoms with Gasteiger partial charge in [0.25, 0.3) is 0 Å².